The van der Waals surface area contributed by atoms with Gasteiger partial charge in [0, 0.05) is 11.3 Å². The summed E-state index contributed by atoms with van der Waals surface area (Å²) in [6.45, 7) is 2.03. The minimum absolute atomic E-state index is 0.0810. The Hall–Kier alpha value is -1.32. The highest BCUT2D eigenvalue weighted by Gasteiger charge is 2.10. The molecule has 0 aliphatic heterocycles. The molecular formula is C16H17ClO2S. The predicted octanol–water partition coefficient (Wildman–Crippen LogP) is 4.11. The lowest BCUT2D eigenvalue weighted by Gasteiger charge is -2.10. The zero-order chi connectivity index (χ0) is 14.8. The van der Waals surface area contributed by atoms with Crippen LogP contribution in [0.4, 0.5) is 0 Å². The van der Waals surface area contributed by atoms with Crippen molar-refractivity contribution in [2.75, 3.05) is 6.26 Å². The third kappa shape index (κ3) is 3.84. The highest BCUT2D eigenvalue weighted by molar-refractivity contribution is 7.89. The second-order valence-corrected chi connectivity index (χ2v) is 7.49. The molecule has 0 atom stereocenters. The molecule has 2 nitrogen and oxygen atoms in total. The SMILES string of the molecule is CCc1ccc(-c2ccc(Cl)cc2)cc1CS(C)(=O)=O. The van der Waals surface area contributed by atoms with Gasteiger partial charge < -0.3 is 0 Å². The van der Waals surface area contributed by atoms with Crippen molar-refractivity contribution < 1.29 is 8.42 Å². The fraction of sp³-hybridized carbons (Fsp3) is 0.250. The highest BCUT2D eigenvalue weighted by atomic mass is 35.5. The molecule has 0 bridgehead atoms. The second kappa shape index (κ2) is 5.98. The van der Waals surface area contributed by atoms with E-state index in [1.807, 2.05) is 49.4 Å². The van der Waals surface area contributed by atoms with Crippen LogP contribution in [0.2, 0.25) is 5.02 Å². The van der Waals surface area contributed by atoms with Crippen LogP contribution in [0, 0.1) is 0 Å². The third-order valence-electron chi connectivity index (χ3n) is 3.18. The number of aryl methyl sites for hydroxylation is 1. The number of hydrogen-bond donors (Lipinski definition) is 0. The molecule has 0 saturated carbocycles. The molecule has 0 unspecified atom stereocenters. The Bertz CT molecular complexity index is 704. The second-order valence-electron chi connectivity index (χ2n) is 4.91. The first-order valence-electron chi connectivity index (χ1n) is 6.44. The first kappa shape index (κ1) is 15.1. The van der Waals surface area contributed by atoms with Crippen LogP contribution in [-0.2, 0) is 22.0 Å². The zero-order valence-corrected chi connectivity index (χ0v) is 13.1. The lowest BCUT2D eigenvalue weighted by Crippen LogP contribution is -2.04. The predicted molar refractivity (Wildman–Crippen MR) is 84.8 cm³/mol. The van der Waals surface area contributed by atoms with Crippen LogP contribution >= 0.6 is 11.6 Å². The molecule has 0 aromatic heterocycles. The Kier molecular flexibility index (Phi) is 4.51. The largest absolute Gasteiger partial charge is 0.229 e. The normalized spacial score (nSPS) is 11.6. The van der Waals surface area contributed by atoms with E-state index >= 15 is 0 Å². The molecule has 0 spiro atoms. The van der Waals surface area contributed by atoms with Gasteiger partial charge >= 0.3 is 0 Å². The van der Waals surface area contributed by atoms with E-state index in [1.54, 1.807) is 0 Å². The van der Waals surface area contributed by atoms with E-state index in [-0.39, 0.29) is 5.75 Å². The van der Waals surface area contributed by atoms with Gasteiger partial charge in [0.25, 0.3) is 0 Å². The number of hydrogen-bond acceptors (Lipinski definition) is 2. The molecule has 4 heteroatoms. The van der Waals surface area contributed by atoms with Crippen molar-refractivity contribution in [3.05, 3.63) is 58.6 Å². The molecule has 106 valence electrons. The zero-order valence-electron chi connectivity index (χ0n) is 11.6. The molecule has 0 heterocycles. The molecular weight excluding hydrogens is 292 g/mol. The molecule has 0 aliphatic carbocycles. The first-order chi connectivity index (χ1) is 9.39. The van der Waals surface area contributed by atoms with Gasteiger partial charge in [-0.3, -0.25) is 0 Å². The lowest BCUT2D eigenvalue weighted by molar-refractivity contribution is 0.601. The average molecular weight is 309 g/mol. The number of benzene rings is 2. The van der Waals surface area contributed by atoms with E-state index < -0.39 is 9.84 Å². The van der Waals surface area contributed by atoms with E-state index in [1.165, 1.54) is 6.26 Å². The molecule has 2 rings (SSSR count). The van der Waals surface area contributed by atoms with Crippen molar-refractivity contribution in [3.8, 4) is 11.1 Å². The summed E-state index contributed by atoms with van der Waals surface area (Å²) in [6, 6.07) is 13.5. The van der Waals surface area contributed by atoms with Crippen molar-refractivity contribution in [1.82, 2.24) is 0 Å². The smallest absolute Gasteiger partial charge is 0.151 e. The van der Waals surface area contributed by atoms with Gasteiger partial charge in [-0.2, -0.15) is 0 Å². The standard InChI is InChI=1S/C16H17ClO2S/c1-3-12-4-5-14(10-15(12)11-20(2,18)19)13-6-8-16(17)9-7-13/h4-10H,3,11H2,1-2H3. The summed E-state index contributed by atoms with van der Waals surface area (Å²) < 4.78 is 23.1. The van der Waals surface area contributed by atoms with E-state index in [2.05, 4.69) is 0 Å². The molecule has 0 N–H and O–H groups in total. The van der Waals surface area contributed by atoms with Gasteiger partial charge in [-0.05, 0) is 46.9 Å². The summed E-state index contributed by atoms with van der Waals surface area (Å²) in [5.74, 6) is 0.0810. The molecule has 0 amide bonds. The van der Waals surface area contributed by atoms with Crippen molar-refractivity contribution >= 4 is 21.4 Å². The van der Waals surface area contributed by atoms with Crippen molar-refractivity contribution in [1.29, 1.82) is 0 Å². The van der Waals surface area contributed by atoms with Crippen LogP contribution in [0.1, 0.15) is 18.1 Å². The van der Waals surface area contributed by atoms with E-state index in [9.17, 15) is 8.42 Å². The van der Waals surface area contributed by atoms with Crippen LogP contribution in [0.15, 0.2) is 42.5 Å². The summed E-state index contributed by atoms with van der Waals surface area (Å²) in [5.41, 5.74) is 4.00. The van der Waals surface area contributed by atoms with Gasteiger partial charge in [0.15, 0.2) is 9.84 Å². The fourth-order valence-electron chi connectivity index (χ4n) is 2.21. The fourth-order valence-corrected chi connectivity index (χ4v) is 3.17. The van der Waals surface area contributed by atoms with Crippen LogP contribution < -0.4 is 0 Å². The molecule has 0 fully saturated rings. The molecule has 2 aromatic carbocycles. The van der Waals surface area contributed by atoms with Crippen LogP contribution in [0.3, 0.4) is 0 Å². The van der Waals surface area contributed by atoms with E-state index in [4.69, 9.17) is 11.6 Å². The minimum atomic E-state index is -3.04. The monoisotopic (exact) mass is 308 g/mol. The maximum Gasteiger partial charge on any atom is 0.151 e. The van der Waals surface area contributed by atoms with Crippen LogP contribution in [0.25, 0.3) is 11.1 Å². The molecule has 0 radical (unpaired) electrons. The Morgan fingerprint density at radius 2 is 1.55 bits per heavy atom. The summed E-state index contributed by atoms with van der Waals surface area (Å²) in [5, 5.41) is 0.690. The minimum Gasteiger partial charge on any atom is -0.229 e. The topological polar surface area (TPSA) is 34.1 Å². The lowest BCUT2D eigenvalue weighted by atomic mass is 9.99. The Morgan fingerprint density at radius 3 is 2.10 bits per heavy atom. The van der Waals surface area contributed by atoms with Gasteiger partial charge in [0.05, 0.1) is 5.75 Å². The third-order valence-corrected chi connectivity index (χ3v) is 4.27. The van der Waals surface area contributed by atoms with Crippen molar-refractivity contribution in [2.24, 2.45) is 0 Å². The van der Waals surface area contributed by atoms with Gasteiger partial charge in [-0.15, -0.1) is 0 Å². The van der Waals surface area contributed by atoms with Gasteiger partial charge in [-0.25, -0.2) is 8.42 Å². The number of halogens is 1. The summed E-state index contributed by atoms with van der Waals surface area (Å²) in [6.07, 6.45) is 2.09. The number of rotatable bonds is 4. The quantitative estimate of drug-likeness (QED) is 0.851. The Labute approximate surface area is 125 Å². The van der Waals surface area contributed by atoms with Gasteiger partial charge in [-0.1, -0.05) is 42.8 Å². The molecule has 2 aromatic rings. The summed E-state index contributed by atoms with van der Waals surface area (Å²) in [7, 11) is -3.04. The molecule has 0 aliphatic rings. The summed E-state index contributed by atoms with van der Waals surface area (Å²) in [4.78, 5) is 0. The Balaban J connectivity index is 2.46. The summed E-state index contributed by atoms with van der Waals surface area (Å²) >= 11 is 5.89. The van der Waals surface area contributed by atoms with Crippen molar-refractivity contribution in [2.45, 2.75) is 19.1 Å². The van der Waals surface area contributed by atoms with E-state index in [0.717, 1.165) is 28.7 Å². The van der Waals surface area contributed by atoms with Crippen LogP contribution in [-0.4, -0.2) is 14.7 Å². The Morgan fingerprint density at radius 1 is 0.950 bits per heavy atom. The van der Waals surface area contributed by atoms with Gasteiger partial charge in [0.2, 0.25) is 0 Å². The maximum atomic E-state index is 11.5. The average Bonchev–Trinajstić information content (AvgIpc) is 2.37. The van der Waals surface area contributed by atoms with E-state index in [0.29, 0.717) is 5.02 Å². The maximum absolute atomic E-state index is 11.5. The molecule has 20 heavy (non-hydrogen) atoms. The molecule has 0 saturated heterocycles. The highest BCUT2D eigenvalue weighted by Crippen LogP contribution is 2.25. The number of sulfone groups is 1. The van der Waals surface area contributed by atoms with Crippen LogP contribution in [0.5, 0.6) is 0 Å². The first-order valence-corrected chi connectivity index (χ1v) is 8.88. The van der Waals surface area contributed by atoms with Gasteiger partial charge in [0.1, 0.15) is 0 Å². The van der Waals surface area contributed by atoms with Crippen molar-refractivity contribution in [3.63, 3.8) is 0 Å².